The van der Waals surface area contributed by atoms with Gasteiger partial charge in [0.05, 0.1) is 7.11 Å². The molecular weight excluding hydrogens is 426 g/mol. The lowest BCUT2D eigenvalue weighted by molar-refractivity contribution is -0.121. The summed E-state index contributed by atoms with van der Waals surface area (Å²) in [6.07, 6.45) is -0.473. The summed E-state index contributed by atoms with van der Waals surface area (Å²) in [6, 6.07) is 14.2. The summed E-state index contributed by atoms with van der Waals surface area (Å²) in [7, 11) is 1.53. The fourth-order valence-electron chi connectivity index (χ4n) is 2.74. The van der Waals surface area contributed by atoms with Gasteiger partial charge in [0.25, 0.3) is 5.91 Å². The zero-order valence-corrected chi connectivity index (χ0v) is 19.4. The molecule has 9 nitrogen and oxygen atoms in total. The summed E-state index contributed by atoms with van der Waals surface area (Å²) < 4.78 is 15.9. The van der Waals surface area contributed by atoms with Crippen molar-refractivity contribution in [1.82, 2.24) is 10.6 Å². The summed E-state index contributed by atoms with van der Waals surface area (Å²) in [5.74, 6) is 0.415. The third-order valence-corrected chi connectivity index (χ3v) is 4.22. The minimum Gasteiger partial charge on any atom is -0.493 e. The second-order valence-corrected chi connectivity index (χ2v) is 8.10. The molecule has 3 N–H and O–H groups in total. The molecule has 2 aromatic carbocycles. The number of para-hydroxylation sites is 3. The average Bonchev–Trinajstić information content (AvgIpc) is 2.76. The molecule has 2 aromatic rings. The zero-order chi connectivity index (χ0) is 24.3. The molecule has 2 rings (SSSR count). The van der Waals surface area contributed by atoms with Crippen molar-refractivity contribution in [2.24, 2.45) is 0 Å². The van der Waals surface area contributed by atoms with Crippen LogP contribution in [0.3, 0.4) is 0 Å². The van der Waals surface area contributed by atoms with Crippen LogP contribution in [-0.2, 0) is 20.9 Å². The molecular formula is C24H31N3O6. The number of anilines is 1. The van der Waals surface area contributed by atoms with Crippen molar-refractivity contribution in [2.75, 3.05) is 25.6 Å². The Morgan fingerprint density at radius 1 is 0.879 bits per heavy atom. The van der Waals surface area contributed by atoms with Crippen LogP contribution in [0.25, 0.3) is 0 Å². The van der Waals surface area contributed by atoms with Crippen LogP contribution < -0.4 is 25.4 Å². The van der Waals surface area contributed by atoms with Gasteiger partial charge in [0.2, 0.25) is 5.91 Å². The summed E-state index contributed by atoms with van der Waals surface area (Å²) in [5, 5.41) is 8.11. The largest absolute Gasteiger partial charge is 0.493 e. The second-order valence-electron chi connectivity index (χ2n) is 8.10. The minimum atomic E-state index is -0.599. The smallest absolute Gasteiger partial charge is 0.407 e. The van der Waals surface area contributed by atoms with Gasteiger partial charge in [0.1, 0.15) is 5.60 Å². The van der Waals surface area contributed by atoms with E-state index in [9.17, 15) is 14.4 Å². The van der Waals surface area contributed by atoms with Gasteiger partial charge in [0, 0.05) is 25.2 Å². The van der Waals surface area contributed by atoms with E-state index in [1.54, 1.807) is 57.2 Å². The van der Waals surface area contributed by atoms with Gasteiger partial charge in [-0.05, 0) is 44.5 Å². The lowest BCUT2D eigenvalue weighted by Crippen LogP contribution is -2.35. The number of methoxy groups -OCH3 is 1. The quantitative estimate of drug-likeness (QED) is 0.505. The van der Waals surface area contributed by atoms with E-state index in [2.05, 4.69) is 16.0 Å². The van der Waals surface area contributed by atoms with Crippen LogP contribution in [0, 0.1) is 0 Å². The van der Waals surface area contributed by atoms with Crippen LogP contribution in [0.1, 0.15) is 32.8 Å². The maximum atomic E-state index is 12.4. The Kier molecular flexibility index (Phi) is 9.53. The number of alkyl carbamates (subject to hydrolysis) is 1. The zero-order valence-electron chi connectivity index (χ0n) is 19.4. The highest BCUT2D eigenvalue weighted by molar-refractivity contribution is 5.92. The van der Waals surface area contributed by atoms with Crippen molar-refractivity contribution in [1.29, 1.82) is 0 Å². The van der Waals surface area contributed by atoms with E-state index in [4.69, 9.17) is 14.2 Å². The van der Waals surface area contributed by atoms with E-state index in [-0.39, 0.29) is 37.9 Å². The Balaban J connectivity index is 1.80. The molecule has 0 heterocycles. The molecule has 0 aliphatic carbocycles. The molecule has 0 atom stereocenters. The number of carbonyl (C=O) groups is 3. The molecule has 9 heteroatoms. The molecule has 0 bridgehead atoms. The lowest BCUT2D eigenvalue weighted by atomic mass is 10.1. The molecule has 3 amide bonds. The highest BCUT2D eigenvalue weighted by Crippen LogP contribution is 2.25. The lowest BCUT2D eigenvalue weighted by Gasteiger charge is -2.19. The van der Waals surface area contributed by atoms with E-state index in [0.717, 1.165) is 5.56 Å². The molecule has 0 aromatic heterocycles. The average molecular weight is 458 g/mol. The van der Waals surface area contributed by atoms with Crippen LogP contribution in [0.4, 0.5) is 10.5 Å². The first-order valence-corrected chi connectivity index (χ1v) is 10.5. The Bertz CT molecular complexity index is 955. The number of amides is 3. The van der Waals surface area contributed by atoms with E-state index in [1.165, 1.54) is 7.11 Å². The van der Waals surface area contributed by atoms with Gasteiger partial charge >= 0.3 is 6.09 Å². The Morgan fingerprint density at radius 3 is 2.24 bits per heavy atom. The number of hydrogen-bond donors (Lipinski definition) is 3. The van der Waals surface area contributed by atoms with E-state index < -0.39 is 11.7 Å². The topological polar surface area (TPSA) is 115 Å². The van der Waals surface area contributed by atoms with Gasteiger partial charge in [0.15, 0.2) is 18.1 Å². The second kappa shape index (κ2) is 12.3. The van der Waals surface area contributed by atoms with Gasteiger partial charge in [-0.1, -0.05) is 30.3 Å². The number of nitrogens with one attached hydrogen (secondary N) is 3. The van der Waals surface area contributed by atoms with Crippen molar-refractivity contribution in [3.8, 4) is 11.5 Å². The number of carbonyl (C=O) groups excluding carboxylic acids is 3. The van der Waals surface area contributed by atoms with Gasteiger partial charge in [-0.3, -0.25) is 9.59 Å². The van der Waals surface area contributed by atoms with Gasteiger partial charge in [-0.25, -0.2) is 4.79 Å². The van der Waals surface area contributed by atoms with Crippen LogP contribution in [0.5, 0.6) is 11.5 Å². The molecule has 0 unspecified atom stereocenters. The summed E-state index contributed by atoms with van der Waals surface area (Å²) in [4.78, 5) is 36.1. The fourth-order valence-corrected chi connectivity index (χ4v) is 2.74. The van der Waals surface area contributed by atoms with Crippen LogP contribution in [-0.4, -0.2) is 43.8 Å². The molecule has 0 spiro atoms. The van der Waals surface area contributed by atoms with Crippen molar-refractivity contribution in [2.45, 2.75) is 39.3 Å². The Hall–Kier alpha value is -3.75. The molecule has 0 saturated heterocycles. The van der Waals surface area contributed by atoms with Crippen molar-refractivity contribution in [3.63, 3.8) is 0 Å². The SMILES string of the molecule is COc1ccccc1OCC(=O)Nc1ccccc1CNC(=O)CCNC(=O)OC(C)(C)C. The van der Waals surface area contributed by atoms with Crippen LogP contribution >= 0.6 is 0 Å². The number of ether oxygens (including phenoxy) is 3. The fraction of sp³-hybridized carbons (Fsp3) is 0.375. The first kappa shape index (κ1) is 25.5. The minimum absolute atomic E-state index is 0.0977. The number of hydrogen-bond acceptors (Lipinski definition) is 6. The van der Waals surface area contributed by atoms with Gasteiger partial charge in [-0.15, -0.1) is 0 Å². The predicted molar refractivity (Wildman–Crippen MR) is 124 cm³/mol. The van der Waals surface area contributed by atoms with E-state index in [0.29, 0.717) is 17.2 Å². The van der Waals surface area contributed by atoms with Gasteiger partial charge in [-0.2, -0.15) is 0 Å². The summed E-state index contributed by atoms with van der Waals surface area (Å²) in [6.45, 7) is 5.46. The van der Waals surface area contributed by atoms with Crippen molar-refractivity contribution >= 4 is 23.6 Å². The predicted octanol–water partition coefficient (Wildman–Crippen LogP) is 3.24. The Labute approximate surface area is 193 Å². The molecule has 178 valence electrons. The number of benzene rings is 2. The molecule has 0 saturated carbocycles. The van der Waals surface area contributed by atoms with Crippen molar-refractivity contribution < 1.29 is 28.6 Å². The molecule has 33 heavy (non-hydrogen) atoms. The monoisotopic (exact) mass is 457 g/mol. The summed E-state index contributed by atoms with van der Waals surface area (Å²) >= 11 is 0. The number of rotatable bonds is 10. The van der Waals surface area contributed by atoms with Gasteiger partial charge < -0.3 is 30.2 Å². The van der Waals surface area contributed by atoms with E-state index in [1.807, 2.05) is 12.1 Å². The third-order valence-electron chi connectivity index (χ3n) is 4.22. The molecule has 0 fully saturated rings. The third kappa shape index (κ3) is 9.51. The first-order chi connectivity index (χ1) is 15.7. The highest BCUT2D eigenvalue weighted by atomic mass is 16.6. The maximum Gasteiger partial charge on any atom is 0.407 e. The summed E-state index contributed by atoms with van der Waals surface area (Å²) in [5.41, 5.74) is 0.702. The maximum absolute atomic E-state index is 12.4. The van der Waals surface area contributed by atoms with E-state index >= 15 is 0 Å². The highest BCUT2D eigenvalue weighted by Gasteiger charge is 2.16. The van der Waals surface area contributed by atoms with Crippen molar-refractivity contribution in [3.05, 3.63) is 54.1 Å². The molecule has 0 radical (unpaired) electrons. The Morgan fingerprint density at radius 2 is 1.55 bits per heavy atom. The first-order valence-electron chi connectivity index (χ1n) is 10.5. The standard InChI is InChI=1S/C24H31N3O6/c1-24(2,3)33-23(30)25-14-13-21(28)26-15-17-9-5-6-10-18(17)27-22(29)16-32-20-12-8-7-11-19(20)31-4/h5-12H,13-16H2,1-4H3,(H,25,30)(H,26,28)(H,27,29). The van der Waals surface area contributed by atoms with Crippen LogP contribution in [0.15, 0.2) is 48.5 Å². The molecule has 0 aliphatic rings. The normalized spacial score (nSPS) is 10.7. The molecule has 0 aliphatic heterocycles. The van der Waals surface area contributed by atoms with Crippen LogP contribution in [0.2, 0.25) is 0 Å².